The Labute approximate surface area is 118 Å². The van der Waals surface area contributed by atoms with E-state index in [9.17, 15) is 0 Å². The number of aryl methyl sites for hydroxylation is 1. The highest BCUT2D eigenvalue weighted by Gasteiger charge is 2.13. The number of methoxy groups -OCH3 is 1. The summed E-state index contributed by atoms with van der Waals surface area (Å²) in [6, 6.07) is 3.82. The molecule has 3 nitrogen and oxygen atoms in total. The Bertz CT molecular complexity index is 611. The number of hydrogen-bond acceptors (Lipinski definition) is 3. The summed E-state index contributed by atoms with van der Waals surface area (Å²) in [7, 11) is 1.62. The van der Waals surface area contributed by atoms with E-state index < -0.39 is 0 Å². The van der Waals surface area contributed by atoms with Gasteiger partial charge in [-0.1, -0.05) is 18.5 Å². The number of nitrogens with one attached hydrogen (secondary N) is 1. The van der Waals surface area contributed by atoms with Crippen molar-refractivity contribution in [1.82, 2.24) is 4.98 Å². The summed E-state index contributed by atoms with van der Waals surface area (Å²) in [5.74, 6) is 0.660. The van der Waals surface area contributed by atoms with Crippen LogP contribution in [-0.2, 0) is 6.42 Å². The second kappa shape index (κ2) is 5.66. The van der Waals surface area contributed by atoms with E-state index in [0.717, 1.165) is 35.2 Å². The molecule has 0 bridgehead atoms. The van der Waals surface area contributed by atoms with E-state index in [1.54, 1.807) is 7.11 Å². The molecule has 0 saturated heterocycles. The minimum Gasteiger partial charge on any atom is -0.495 e. The van der Waals surface area contributed by atoms with Gasteiger partial charge < -0.3 is 10.1 Å². The highest BCUT2D eigenvalue weighted by molar-refractivity contribution is 6.33. The zero-order chi connectivity index (χ0) is 14.0. The zero-order valence-corrected chi connectivity index (χ0v) is 12.6. The highest BCUT2D eigenvalue weighted by Crippen LogP contribution is 2.35. The Hall–Kier alpha value is -1.48. The molecule has 0 radical (unpaired) electrons. The maximum Gasteiger partial charge on any atom is 0.139 e. The van der Waals surface area contributed by atoms with Crippen LogP contribution in [0.15, 0.2) is 12.1 Å². The third-order valence-corrected chi connectivity index (χ3v) is 3.57. The molecule has 2 aromatic rings. The first kappa shape index (κ1) is 13.9. The maximum atomic E-state index is 6.23. The number of nitrogens with zero attached hydrogens (tertiary/aromatic N) is 1. The number of pyridine rings is 1. The first-order valence-corrected chi connectivity index (χ1v) is 6.90. The molecule has 0 aliphatic carbocycles. The lowest BCUT2D eigenvalue weighted by molar-refractivity contribution is 0.415. The summed E-state index contributed by atoms with van der Waals surface area (Å²) in [6.07, 6.45) is 0.945. The summed E-state index contributed by atoms with van der Waals surface area (Å²) in [5.41, 5.74) is 4.34. The molecule has 0 unspecified atom stereocenters. The highest BCUT2D eigenvalue weighted by atomic mass is 35.5. The van der Waals surface area contributed by atoms with Crippen LogP contribution >= 0.6 is 11.6 Å². The fraction of sp³-hybridized carbons (Fsp3) is 0.400. The van der Waals surface area contributed by atoms with Crippen molar-refractivity contribution in [1.29, 1.82) is 0 Å². The van der Waals surface area contributed by atoms with Crippen LogP contribution in [0.1, 0.15) is 25.1 Å². The van der Waals surface area contributed by atoms with Crippen LogP contribution in [0, 0.1) is 6.92 Å². The monoisotopic (exact) mass is 278 g/mol. The van der Waals surface area contributed by atoms with Crippen LogP contribution < -0.4 is 10.1 Å². The molecular formula is C15H19ClN2O. The molecule has 0 fully saturated rings. The molecule has 19 heavy (non-hydrogen) atoms. The molecule has 1 heterocycles. The van der Waals surface area contributed by atoms with E-state index in [1.165, 1.54) is 5.56 Å². The van der Waals surface area contributed by atoms with Gasteiger partial charge in [0.2, 0.25) is 0 Å². The van der Waals surface area contributed by atoms with Gasteiger partial charge in [0, 0.05) is 29.4 Å². The molecule has 0 aliphatic rings. The van der Waals surface area contributed by atoms with E-state index >= 15 is 0 Å². The molecule has 1 aromatic carbocycles. The second-order valence-corrected chi connectivity index (χ2v) is 4.85. The summed E-state index contributed by atoms with van der Waals surface area (Å²) in [4.78, 5) is 4.66. The third-order valence-electron chi connectivity index (χ3n) is 3.27. The number of benzene rings is 1. The standard InChI is InChI=1S/C15H19ClN2O/c1-5-10-9(3)18-13-8-14(19-4)12(16)7-11(13)15(10)17-6-2/h7-8H,5-6H2,1-4H3,(H,17,18). The van der Waals surface area contributed by atoms with Crippen molar-refractivity contribution in [3.63, 3.8) is 0 Å². The predicted molar refractivity (Wildman–Crippen MR) is 81.6 cm³/mol. The van der Waals surface area contributed by atoms with Gasteiger partial charge in [0.15, 0.2) is 0 Å². The van der Waals surface area contributed by atoms with Crippen molar-refractivity contribution >= 4 is 28.2 Å². The smallest absolute Gasteiger partial charge is 0.139 e. The van der Waals surface area contributed by atoms with Crippen molar-refractivity contribution in [3.8, 4) is 5.75 Å². The SMILES string of the molecule is CCNc1c(CC)c(C)nc2cc(OC)c(Cl)cc12. The van der Waals surface area contributed by atoms with E-state index in [1.807, 2.05) is 19.1 Å². The van der Waals surface area contributed by atoms with Gasteiger partial charge in [-0.15, -0.1) is 0 Å². The number of halogens is 1. The lowest BCUT2D eigenvalue weighted by Crippen LogP contribution is -2.05. The Morgan fingerprint density at radius 2 is 2.05 bits per heavy atom. The molecule has 4 heteroatoms. The molecule has 0 saturated carbocycles. The van der Waals surface area contributed by atoms with E-state index in [4.69, 9.17) is 16.3 Å². The second-order valence-electron chi connectivity index (χ2n) is 4.44. The van der Waals surface area contributed by atoms with Gasteiger partial charge >= 0.3 is 0 Å². The van der Waals surface area contributed by atoms with Gasteiger partial charge in [-0.2, -0.15) is 0 Å². The van der Waals surface area contributed by atoms with Crippen molar-refractivity contribution in [3.05, 3.63) is 28.4 Å². The van der Waals surface area contributed by atoms with Crippen LogP contribution in [-0.4, -0.2) is 18.6 Å². The summed E-state index contributed by atoms with van der Waals surface area (Å²) in [5, 5.41) is 5.10. The van der Waals surface area contributed by atoms with Crippen molar-refractivity contribution < 1.29 is 4.74 Å². The van der Waals surface area contributed by atoms with Crippen molar-refractivity contribution in [2.24, 2.45) is 0 Å². The molecule has 1 aromatic heterocycles. The Morgan fingerprint density at radius 1 is 1.32 bits per heavy atom. The summed E-state index contributed by atoms with van der Waals surface area (Å²) in [6.45, 7) is 7.14. The molecule has 0 spiro atoms. The lowest BCUT2D eigenvalue weighted by Gasteiger charge is -2.16. The molecular weight excluding hydrogens is 260 g/mol. The van der Waals surface area contributed by atoms with Crippen LogP contribution in [0.2, 0.25) is 5.02 Å². The van der Waals surface area contributed by atoms with E-state index in [0.29, 0.717) is 10.8 Å². The normalized spacial score (nSPS) is 10.8. The number of rotatable bonds is 4. The average Bonchev–Trinajstić information content (AvgIpc) is 2.39. The number of hydrogen-bond donors (Lipinski definition) is 1. The minimum atomic E-state index is 0.613. The Kier molecular flexibility index (Phi) is 4.15. The number of ether oxygens (including phenoxy) is 1. The first-order valence-electron chi connectivity index (χ1n) is 6.52. The predicted octanol–water partition coefficient (Wildman–Crippen LogP) is 4.20. The summed E-state index contributed by atoms with van der Waals surface area (Å²) >= 11 is 6.23. The van der Waals surface area contributed by atoms with Gasteiger partial charge in [0.1, 0.15) is 5.75 Å². The minimum absolute atomic E-state index is 0.613. The molecule has 0 atom stereocenters. The quantitative estimate of drug-likeness (QED) is 0.910. The molecule has 102 valence electrons. The topological polar surface area (TPSA) is 34.2 Å². The van der Waals surface area contributed by atoms with E-state index in [2.05, 4.69) is 24.1 Å². The van der Waals surface area contributed by atoms with Gasteiger partial charge in [-0.05, 0) is 31.9 Å². The molecule has 0 aliphatic heterocycles. The molecule has 0 amide bonds. The van der Waals surface area contributed by atoms with Gasteiger partial charge in [0.25, 0.3) is 0 Å². The molecule has 2 rings (SSSR count). The fourth-order valence-corrected chi connectivity index (χ4v) is 2.64. The van der Waals surface area contributed by atoms with Crippen molar-refractivity contribution in [2.75, 3.05) is 19.0 Å². The van der Waals surface area contributed by atoms with Gasteiger partial charge in [-0.3, -0.25) is 4.98 Å². The Morgan fingerprint density at radius 3 is 2.63 bits per heavy atom. The number of anilines is 1. The number of fused-ring (bicyclic) bond motifs is 1. The zero-order valence-electron chi connectivity index (χ0n) is 11.8. The van der Waals surface area contributed by atoms with E-state index in [-0.39, 0.29) is 0 Å². The van der Waals surface area contributed by atoms with Crippen LogP contribution in [0.3, 0.4) is 0 Å². The van der Waals surface area contributed by atoms with Crippen molar-refractivity contribution in [2.45, 2.75) is 27.2 Å². The van der Waals surface area contributed by atoms with Gasteiger partial charge in [0.05, 0.1) is 17.6 Å². The van der Waals surface area contributed by atoms with Crippen LogP contribution in [0.25, 0.3) is 10.9 Å². The lowest BCUT2D eigenvalue weighted by atomic mass is 10.0. The third kappa shape index (κ3) is 2.47. The maximum absolute atomic E-state index is 6.23. The average molecular weight is 279 g/mol. The molecule has 1 N–H and O–H groups in total. The number of aromatic nitrogens is 1. The Balaban J connectivity index is 2.80. The van der Waals surface area contributed by atoms with Crippen LogP contribution in [0.4, 0.5) is 5.69 Å². The largest absolute Gasteiger partial charge is 0.495 e. The van der Waals surface area contributed by atoms with Crippen LogP contribution in [0.5, 0.6) is 5.75 Å². The fourth-order valence-electron chi connectivity index (χ4n) is 2.39. The summed E-state index contributed by atoms with van der Waals surface area (Å²) < 4.78 is 5.26. The van der Waals surface area contributed by atoms with Gasteiger partial charge in [-0.25, -0.2) is 0 Å². The first-order chi connectivity index (χ1) is 9.12.